The Morgan fingerprint density at radius 3 is 2.02 bits per heavy atom. The van der Waals surface area contributed by atoms with E-state index in [0.717, 1.165) is 116 Å². The van der Waals surface area contributed by atoms with Crippen molar-refractivity contribution in [2.24, 2.45) is 5.92 Å². The maximum atomic E-state index is 11.4. The highest BCUT2D eigenvalue weighted by atomic mass is 16.5. The largest absolute Gasteiger partial charge is 0.508 e. The predicted octanol–water partition coefficient (Wildman–Crippen LogP) is 12.3. The Kier molecular flexibility index (Phi) is 18.5. The molecule has 0 amide bonds. The van der Waals surface area contributed by atoms with Crippen LogP contribution in [-0.2, 0) is 24.0 Å². The van der Waals surface area contributed by atoms with Gasteiger partial charge >= 0.3 is 0 Å². The Bertz CT molecular complexity index is 1470. The molecular formula is C46H68O5. The van der Waals surface area contributed by atoms with E-state index in [-0.39, 0.29) is 11.8 Å². The van der Waals surface area contributed by atoms with E-state index in [2.05, 4.69) is 85.4 Å². The van der Waals surface area contributed by atoms with Crippen LogP contribution < -0.4 is 9.47 Å². The topological polar surface area (TPSA) is 68.2 Å². The van der Waals surface area contributed by atoms with Crippen LogP contribution in [0, 0.1) is 5.92 Å². The van der Waals surface area contributed by atoms with Gasteiger partial charge in [-0.1, -0.05) is 86.6 Å². The summed E-state index contributed by atoms with van der Waals surface area (Å²) >= 11 is 0. The van der Waals surface area contributed by atoms with E-state index < -0.39 is 0 Å². The molecule has 1 aliphatic rings. The number of aryl methyl sites for hydroxylation is 2. The maximum Gasteiger partial charge on any atom is 0.127 e. The molecule has 0 radical (unpaired) electrons. The molecule has 3 rings (SSSR count). The normalized spacial score (nSPS) is 16.1. The van der Waals surface area contributed by atoms with Gasteiger partial charge in [0.1, 0.15) is 36.2 Å². The van der Waals surface area contributed by atoms with Crippen molar-refractivity contribution in [2.45, 2.75) is 138 Å². The lowest BCUT2D eigenvalue weighted by Gasteiger charge is -2.32. The highest BCUT2D eigenvalue weighted by molar-refractivity contribution is 5.53. The van der Waals surface area contributed by atoms with Crippen LogP contribution in [0.15, 0.2) is 71.4 Å². The molecule has 0 fully saturated rings. The SMILES string of the molecule is C=C(C)[C@@H]1CCC(C)=C[C@H]1c1c(O)cc(CCCCC)cc1OCCOCCOc1cc(CCCCC)cc(O)c1C/C=C(\C)CCC=C(C)C. The third-order valence-electron chi connectivity index (χ3n) is 9.99. The number of aromatic hydroxyl groups is 2. The smallest absolute Gasteiger partial charge is 0.127 e. The lowest BCUT2D eigenvalue weighted by Crippen LogP contribution is -2.19. The molecule has 2 N–H and O–H groups in total. The monoisotopic (exact) mass is 701 g/mol. The van der Waals surface area contributed by atoms with Crippen LogP contribution in [0.25, 0.3) is 0 Å². The Morgan fingerprint density at radius 1 is 0.804 bits per heavy atom. The molecule has 2 aromatic carbocycles. The summed E-state index contributed by atoms with van der Waals surface area (Å²) in [4.78, 5) is 0. The number of phenolic OH excluding ortho intramolecular Hbond substituents is 2. The summed E-state index contributed by atoms with van der Waals surface area (Å²) in [5.74, 6) is 2.38. The lowest BCUT2D eigenvalue weighted by molar-refractivity contribution is 0.0757. The number of hydrogen-bond donors (Lipinski definition) is 2. The molecule has 282 valence electrons. The Balaban J connectivity index is 1.66. The van der Waals surface area contributed by atoms with Gasteiger partial charge in [-0.15, -0.1) is 0 Å². The average Bonchev–Trinajstić information content (AvgIpc) is 3.07. The van der Waals surface area contributed by atoms with Crippen molar-refractivity contribution >= 4 is 0 Å². The van der Waals surface area contributed by atoms with Crippen molar-refractivity contribution < 1.29 is 24.4 Å². The number of phenols is 2. The standard InChI is InChI=1S/C46H68O5/c1-9-11-13-18-37-29-42(47)40(23-20-35(7)17-15-16-33(3)4)44(31-37)50-26-24-49-25-27-51-45-32-38(19-14-12-10-2)30-43(48)46(45)41-28-36(8)21-22-39(41)34(5)6/h16,20,28-32,39,41,47-48H,5,9-15,17-19,21-27H2,1-4,6-8H3/b35-20+/t39-,41+/m0/s1. The van der Waals surface area contributed by atoms with Crippen molar-refractivity contribution in [3.8, 4) is 23.0 Å². The highest BCUT2D eigenvalue weighted by Crippen LogP contribution is 2.47. The van der Waals surface area contributed by atoms with Gasteiger partial charge < -0.3 is 24.4 Å². The first-order chi connectivity index (χ1) is 24.5. The third kappa shape index (κ3) is 14.2. The van der Waals surface area contributed by atoms with Gasteiger partial charge in [-0.25, -0.2) is 0 Å². The van der Waals surface area contributed by atoms with E-state index in [9.17, 15) is 10.2 Å². The van der Waals surface area contributed by atoms with E-state index in [0.29, 0.717) is 44.3 Å². The summed E-state index contributed by atoms with van der Waals surface area (Å²) in [7, 11) is 0. The van der Waals surface area contributed by atoms with Crippen molar-refractivity contribution in [3.05, 3.63) is 93.6 Å². The fourth-order valence-corrected chi connectivity index (χ4v) is 6.99. The molecule has 0 heterocycles. The Labute approximate surface area is 310 Å². The number of allylic oxidation sites excluding steroid dienone is 7. The Hall–Kier alpha value is -3.44. The zero-order valence-corrected chi connectivity index (χ0v) is 33.0. The van der Waals surface area contributed by atoms with Gasteiger partial charge in [0.25, 0.3) is 0 Å². The summed E-state index contributed by atoms with van der Waals surface area (Å²) in [6.07, 6.45) is 20.1. The maximum absolute atomic E-state index is 11.4. The fraction of sp³-hybridized carbons (Fsp3) is 0.565. The molecule has 2 aromatic rings. The van der Waals surface area contributed by atoms with Crippen LogP contribution >= 0.6 is 0 Å². The third-order valence-corrected chi connectivity index (χ3v) is 9.99. The summed E-state index contributed by atoms with van der Waals surface area (Å²) in [6, 6.07) is 8.07. The number of unbranched alkanes of at least 4 members (excludes halogenated alkanes) is 4. The van der Waals surface area contributed by atoms with E-state index in [1.807, 2.05) is 12.1 Å². The zero-order chi connectivity index (χ0) is 37.2. The van der Waals surface area contributed by atoms with E-state index in [1.54, 1.807) is 0 Å². The first-order valence-electron chi connectivity index (χ1n) is 19.7. The molecule has 2 atom stereocenters. The number of ether oxygens (including phenoxy) is 3. The Morgan fingerprint density at radius 2 is 1.41 bits per heavy atom. The number of benzene rings is 2. The van der Waals surface area contributed by atoms with Gasteiger partial charge in [0.15, 0.2) is 0 Å². The summed E-state index contributed by atoms with van der Waals surface area (Å²) < 4.78 is 18.7. The van der Waals surface area contributed by atoms with Gasteiger partial charge in [0.05, 0.1) is 13.2 Å². The van der Waals surface area contributed by atoms with Gasteiger partial charge in [-0.05, 0) is 134 Å². The van der Waals surface area contributed by atoms with Crippen LogP contribution in [0.3, 0.4) is 0 Å². The lowest BCUT2D eigenvalue weighted by atomic mass is 9.73. The molecule has 0 aromatic heterocycles. The molecule has 0 bridgehead atoms. The van der Waals surface area contributed by atoms with Crippen LogP contribution in [0.4, 0.5) is 0 Å². The van der Waals surface area contributed by atoms with Gasteiger partial charge in [0.2, 0.25) is 0 Å². The van der Waals surface area contributed by atoms with Crippen molar-refractivity contribution in [1.29, 1.82) is 0 Å². The molecule has 5 nitrogen and oxygen atoms in total. The summed E-state index contributed by atoms with van der Waals surface area (Å²) in [5, 5.41) is 22.4. The highest BCUT2D eigenvalue weighted by Gasteiger charge is 2.30. The molecule has 0 spiro atoms. The van der Waals surface area contributed by atoms with Crippen molar-refractivity contribution in [2.75, 3.05) is 26.4 Å². The van der Waals surface area contributed by atoms with Gasteiger partial charge in [0, 0.05) is 17.0 Å². The minimum atomic E-state index is 0.0321. The van der Waals surface area contributed by atoms with Crippen LogP contribution in [0.2, 0.25) is 0 Å². The van der Waals surface area contributed by atoms with Crippen LogP contribution in [0.5, 0.6) is 23.0 Å². The summed E-state index contributed by atoms with van der Waals surface area (Å²) in [5.41, 5.74) is 9.01. The second kappa shape index (κ2) is 22.5. The quantitative estimate of drug-likeness (QED) is 0.0892. The molecule has 0 unspecified atom stereocenters. The molecular weight excluding hydrogens is 633 g/mol. The van der Waals surface area contributed by atoms with Gasteiger partial charge in [-0.2, -0.15) is 0 Å². The first-order valence-corrected chi connectivity index (χ1v) is 19.7. The molecule has 0 saturated heterocycles. The average molecular weight is 701 g/mol. The number of hydrogen-bond acceptors (Lipinski definition) is 5. The summed E-state index contributed by atoms with van der Waals surface area (Å²) in [6.45, 7) is 20.9. The minimum Gasteiger partial charge on any atom is -0.508 e. The van der Waals surface area contributed by atoms with E-state index in [1.165, 1.54) is 16.7 Å². The fourth-order valence-electron chi connectivity index (χ4n) is 6.99. The molecule has 51 heavy (non-hydrogen) atoms. The van der Waals surface area contributed by atoms with Gasteiger partial charge in [-0.3, -0.25) is 0 Å². The van der Waals surface area contributed by atoms with Crippen molar-refractivity contribution in [1.82, 2.24) is 0 Å². The zero-order valence-electron chi connectivity index (χ0n) is 33.0. The first kappa shape index (κ1) is 42.0. The minimum absolute atomic E-state index is 0.0321. The molecule has 1 aliphatic carbocycles. The van der Waals surface area contributed by atoms with E-state index in [4.69, 9.17) is 14.2 Å². The molecule has 0 aliphatic heterocycles. The second-order valence-electron chi connectivity index (χ2n) is 14.9. The second-order valence-corrected chi connectivity index (χ2v) is 14.9. The molecule has 0 saturated carbocycles. The van der Waals surface area contributed by atoms with Crippen LogP contribution in [0.1, 0.15) is 141 Å². The number of rotatable bonds is 23. The molecule has 5 heteroatoms. The van der Waals surface area contributed by atoms with Crippen molar-refractivity contribution in [3.63, 3.8) is 0 Å². The van der Waals surface area contributed by atoms with Crippen LogP contribution in [-0.4, -0.2) is 36.6 Å². The van der Waals surface area contributed by atoms with E-state index >= 15 is 0 Å². The predicted molar refractivity (Wildman–Crippen MR) is 215 cm³/mol.